The lowest BCUT2D eigenvalue weighted by molar-refractivity contribution is 0.103. The molecular formula is C18H18O5. The first-order valence-corrected chi connectivity index (χ1v) is 7.18. The van der Waals surface area contributed by atoms with Crippen LogP contribution in [0, 0.1) is 13.8 Å². The van der Waals surface area contributed by atoms with Gasteiger partial charge in [-0.25, -0.2) is 4.79 Å². The second-order valence-electron chi connectivity index (χ2n) is 5.07. The minimum Gasteiger partial charge on any atom is -0.490 e. The standard InChI is InChI=1S/C18H18O5/c1-12-4-3-5-14(10-12)6-7-15(20)17-16(22-9-8-19)11-13(2)23-18(17)21/h3-7,10-11,19H,8-9H2,1-2H3. The van der Waals surface area contributed by atoms with Gasteiger partial charge in [0.1, 0.15) is 23.7 Å². The molecule has 0 atom stereocenters. The number of carbonyl (C=O) groups excluding carboxylic acids is 1. The number of aliphatic hydroxyl groups excluding tert-OH is 1. The van der Waals surface area contributed by atoms with Crippen molar-refractivity contribution in [2.45, 2.75) is 13.8 Å². The van der Waals surface area contributed by atoms with E-state index >= 15 is 0 Å². The van der Waals surface area contributed by atoms with Gasteiger partial charge in [-0.15, -0.1) is 0 Å². The fourth-order valence-electron chi connectivity index (χ4n) is 2.10. The van der Waals surface area contributed by atoms with E-state index in [0.29, 0.717) is 5.76 Å². The highest BCUT2D eigenvalue weighted by Crippen LogP contribution is 2.18. The molecule has 0 amide bonds. The molecule has 0 aliphatic heterocycles. The Kier molecular flexibility index (Phi) is 5.49. The lowest BCUT2D eigenvalue weighted by Gasteiger charge is -2.08. The van der Waals surface area contributed by atoms with E-state index in [1.807, 2.05) is 31.2 Å². The number of aliphatic hydroxyl groups is 1. The first-order chi connectivity index (χ1) is 11.0. The smallest absolute Gasteiger partial charge is 0.351 e. The summed E-state index contributed by atoms with van der Waals surface area (Å²) in [5.74, 6) is -0.0537. The number of ketones is 1. The van der Waals surface area contributed by atoms with Gasteiger partial charge in [0, 0.05) is 6.07 Å². The van der Waals surface area contributed by atoms with E-state index < -0.39 is 11.4 Å². The average Bonchev–Trinajstić information content (AvgIpc) is 2.50. The molecule has 0 unspecified atom stereocenters. The Hall–Kier alpha value is -2.66. The van der Waals surface area contributed by atoms with Gasteiger partial charge >= 0.3 is 5.63 Å². The summed E-state index contributed by atoms with van der Waals surface area (Å²) in [5.41, 5.74) is 0.999. The molecular weight excluding hydrogens is 296 g/mol. The van der Waals surface area contributed by atoms with Crippen LogP contribution in [0.2, 0.25) is 0 Å². The van der Waals surface area contributed by atoms with E-state index in [9.17, 15) is 9.59 Å². The lowest BCUT2D eigenvalue weighted by Crippen LogP contribution is -2.16. The van der Waals surface area contributed by atoms with Crippen molar-refractivity contribution in [3.63, 3.8) is 0 Å². The zero-order valence-electron chi connectivity index (χ0n) is 13.0. The number of rotatable bonds is 6. The maximum atomic E-state index is 12.3. The summed E-state index contributed by atoms with van der Waals surface area (Å²) in [4.78, 5) is 24.3. The fourth-order valence-corrected chi connectivity index (χ4v) is 2.10. The van der Waals surface area contributed by atoms with Crippen LogP contribution < -0.4 is 10.4 Å². The number of allylic oxidation sites excluding steroid dienone is 1. The first-order valence-electron chi connectivity index (χ1n) is 7.18. The zero-order valence-corrected chi connectivity index (χ0v) is 13.0. The highest BCUT2D eigenvalue weighted by molar-refractivity contribution is 6.08. The maximum absolute atomic E-state index is 12.3. The molecule has 2 aromatic rings. The van der Waals surface area contributed by atoms with Crippen LogP contribution in [0.3, 0.4) is 0 Å². The summed E-state index contributed by atoms with van der Waals surface area (Å²) in [6.07, 6.45) is 2.94. The van der Waals surface area contributed by atoms with Gasteiger partial charge in [-0.3, -0.25) is 4.79 Å². The number of carbonyl (C=O) groups is 1. The van der Waals surface area contributed by atoms with Crippen LogP contribution in [0.25, 0.3) is 6.08 Å². The molecule has 1 heterocycles. The van der Waals surface area contributed by atoms with Gasteiger partial charge < -0.3 is 14.3 Å². The Morgan fingerprint density at radius 2 is 2.09 bits per heavy atom. The van der Waals surface area contributed by atoms with Crippen molar-refractivity contribution < 1.29 is 19.1 Å². The topological polar surface area (TPSA) is 76.7 Å². The van der Waals surface area contributed by atoms with Crippen LogP contribution in [-0.2, 0) is 0 Å². The second kappa shape index (κ2) is 7.56. The molecule has 0 aliphatic rings. The highest BCUT2D eigenvalue weighted by Gasteiger charge is 2.17. The minimum absolute atomic E-state index is 0.00916. The summed E-state index contributed by atoms with van der Waals surface area (Å²) in [6, 6.07) is 9.08. The SMILES string of the molecule is Cc1cccc(C=CC(=O)c2c(OCCO)cc(C)oc2=O)c1. The van der Waals surface area contributed by atoms with E-state index in [1.54, 1.807) is 13.0 Å². The molecule has 0 bridgehead atoms. The summed E-state index contributed by atoms with van der Waals surface area (Å²) in [6.45, 7) is 3.31. The summed E-state index contributed by atoms with van der Waals surface area (Å²) in [7, 11) is 0. The van der Waals surface area contributed by atoms with Crippen molar-refractivity contribution in [3.05, 3.63) is 69.3 Å². The first kappa shape index (κ1) is 16.7. The molecule has 0 spiro atoms. The molecule has 0 saturated heterocycles. The van der Waals surface area contributed by atoms with Gasteiger partial charge in [0.15, 0.2) is 5.78 Å². The van der Waals surface area contributed by atoms with Crippen molar-refractivity contribution in [1.82, 2.24) is 0 Å². The Balaban J connectivity index is 2.33. The van der Waals surface area contributed by atoms with Crippen LogP contribution in [0.5, 0.6) is 5.75 Å². The van der Waals surface area contributed by atoms with E-state index in [4.69, 9.17) is 14.3 Å². The largest absolute Gasteiger partial charge is 0.490 e. The third-order valence-corrected chi connectivity index (χ3v) is 3.10. The summed E-state index contributed by atoms with van der Waals surface area (Å²) < 4.78 is 10.2. The van der Waals surface area contributed by atoms with Crippen LogP contribution in [0.4, 0.5) is 0 Å². The highest BCUT2D eigenvalue weighted by atomic mass is 16.5. The molecule has 5 nitrogen and oxygen atoms in total. The van der Waals surface area contributed by atoms with Crippen molar-refractivity contribution >= 4 is 11.9 Å². The lowest BCUT2D eigenvalue weighted by atomic mass is 10.1. The molecule has 1 N–H and O–H groups in total. The fraction of sp³-hybridized carbons (Fsp3) is 0.222. The Bertz CT molecular complexity index is 786. The predicted molar refractivity (Wildman–Crippen MR) is 86.8 cm³/mol. The van der Waals surface area contributed by atoms with Crippen molar-refractivity contribution in [2.75, 3.05) is 13.2 Å². The third-order valence-electron chi connectivity index (χ3n) is 3.10. The molecule has 0 saturated carbocycles. The van der Waals surface area contributed by atoms with E-state index in [0.717, 1.165) is 11.1 Å². The van der Waals surface area contributed by atoms with Gasteiger partial charge in [0.05, 0.1) is 6.61 Å². The number of benzene rings is 1. The van der Waals surface area contributed by atoms with Crippen LogP contribution >= 0.6 is 0 Å². The molecule has 1 aromatic carbocycles. The third kappa shape index (κ3) is 4.40. The van der Waals surface area contributed by atoms with Crippen molar-refractivity contribution in [2.24, 2.45) is 0 Å². The number of hydrogen-bond acceptors (Lipinski definition) is 5. The molecule has 0 aliphatic carbocycles. The minimum atomic E-state index is -0.753. The van der Waals surface area contributed by atoms with Gasteiger partial charge in [-0.1, -0.05) is 35.9 Å². The van der Waals surface area contributed by atoms with Crippen molar-refractivity contribution in [1.29, 1.82) is 0 Å². The van der Waals surface area contributed by atoms with Crippen LogP contribution in [0.1, 0.15) is 27.2 Å². The summed E-state index contributed by atoms with van der Waals surface area (Å²) in [5, 5.41) is 8.85. The average molecular weight is 314 g/mol. The van der Waals surface area contributed by atoms with E-state index in [1.165, 1.54) is 12.1 Å². The molecule has 23 heavy (non-hydrogen) atoms. The Morgan fingerprint density at radius 1 is 1.30 bits per heavy atom. The maximum Gasteiger partial charge on any atom is 0.351 e. The Labute approximate surface area is 133 Å². The second-order valence-corrected chi connectivity index (χ2v) is 5.07. The summed E-state index contributed by atoms with van der Waals surface area (Å²) >= 11 is 0. The van der Waals surface area contributed by atoms with E-state index in [-0.39, 0.29) is 24.5 Å². The van der Waals surface area contributed by atoms with Crippen LogP contribution in [0.15, 0.2) is 45.6 Å². The van der Waals surface area contributed by atoms with Gasteiger partial charge in [0.2, 0.25) is 0 Å². The van der Waals surface area contributed by atoms with Crippen LogP contribution in [-0.4, -0.2) is 24.1 Å². The number of ether oxygens (including phenoxy) is 1. The van der Waals surface area contributed by atoms with Crippen molar-refractivity contribution in [3.8, 4) is 5.75 Å². The monoisotopic (exact) mass is 314 g/mol. The van der Waals surface area contributed by atoms with Gasteiger partial charge in [0.25, 0.3) is 0 Å². The van der Waals surface area contributed by atoms with Gasteiger partial charge in [-0.2, -0.15) is 0 Å². The molecule has 120 valence electrons. The molecule has 2 rings (SSSR count). The predicted octanol–water partition coefficient (Wildman–Crippen LogP) is 2.52. The molecule has 5 heteroatoms. The zero-order chi connectivity index (χ0) is 16.8. The quantitative estimate of drug-likeness (QED) is 0.655. The molecule has 0 fully saturated rings. The molecule has 0 radical (unpaired) electrons. The molecule has 1 aromatic heterocycles. The van der Waals surface area contributed by atoms with Gasteiger partial charge in [-0.05, 0) is 25.5 Å². The number of aryl methyl sites for hydroxylation is 2. The number of hydrogen-bond donors (Lipinski definition) is 1. The van der Waals surface area contributed by atoms with E-state index in [2.05, 4.69) is 0 Å². The normalized spacial score (nSPS) is 10.9. The Morgan fingerprint density at radius 3 is 2.78 bits per heavy atom.